The molecule has 0 amide bonds. The van der Waals surface area contributed by atoms with Gasteiger partial charge >= 0.3 is 6.18 Å². The summed E-state index contributed by atoms with van der Waals surface area (Å²) in [7, 11) is -4.13. The van der Waals surface area contributed by atoms with Gasteiger partial charge in [0.1, 0.15) is 12.0 Å². The molecule has 9 nitrogen and oxygen atoms in total. The van der Waals surface area contributed by atoms with Crippen LogP contribution >= 0.6 is 0 Å². The highest BCUT2D eigenvalue weighted by Crippen LogP contribution is 2.35. The molecule has 0 aliphatic rings. The lowest BCUT2D eigenvalue weighted by Crippen LogP contribution is -2.15. The number of nitrogens with zero attached hydrogens (tertiary/aromatic N) is 4. The van der Waals surface area contributed by atoms with E-state index >= 15 is 0 Å². The lowest BCUT2D eigenvalue weighted by atomic mass is 9.97. The average molecular weight is 544 g/mol. The minimum absolute atomic E-state index is 0.0541. The van der Waals surface area contributed by atoms with E-state index in [1.54, 1.807) is 50.2 Å². The zero-order valence-corrected chi connectivity index (χ0v) is 20.8. The van der Waals surface area contributed by atoms with Gasteiger partial charge in [0, 0.05) is 22.9 Å². The van der Waals surface area contributed by atoms with Gasteiger partial charge in [-0.2, -0.15) is 18.3 Å². The molecule has 1 N–H and O–H groups in total. The highest BCUT2D eigenvalue weighted by atomic mass is 32.2. The molecule has 0 saturated heterocycles. The molecule has 0 saturated carbocycles. The molecule has 38 heavy (non-hydrogen) atoms. The standard InChI is InChI=1S/C25H20F3N5O4S/c1-15-16(2)37-31-23(15)32-38(34,35)21-6-4-3-5-20(21)19-8-7-17(24-29-10-12-36-24)13-18(19)14-33-11-9-22(30-33)25(26,27)28/h3-13H,14H2,1-2H3,(H,31,32). The number of aryl methyl sites for hydroxylation is 1. The summed E-state index contributed by atoms with van der Waals surface area (Å²) >= 11 is 0. The topological polar surface area (TPSA) is 116 Å². The van der Waals surface area contributed by atoms with Gasteiger partial charge in [-0.3, -0.25) is 9.40 Å². The number of anilines is 1. The number of hydrogen-bond acceptors (Lipinski definition) is 7. The molecule has 13 heteroatoms. The van der Waals surface area contributed by atoms with Crippen LogP contribution in [0.25, 0.3) is 22.6 Å². The number of oxazole rings is 1. The summed E-state index contributed by atoms with van der Waals surface area (Å²) < 4.78 is 80.3. The summed E-state index contributed by atoms with van der Waals surface area (Å²) in [5.41, 5.74) is 1.36. The Balaban J connectivity index is 1.61. The van der Waals surface area contributed by atoms with Crippen LogP contribution in [0, 0.1) is 13.8 Å². The van der Waals surface area contributed by atoms with E-state index in [-0.39, 0.29) is 17.3 Å². The minimum atomic E-state index is -4.60. The Morgan fingerprint density at radius 1 is 1.05 bits per heavy atom. The van der Waals surface area contributed by atoms with Crippen molar-refractivity contribution < 1.29 is 30.5 Å². The minimum Gasteiger partial charge on any atom is -0.445 e. The van der Waals surface area contributed by atoms with Crippen molar-refractivity contribution in [1.29, 1.82) is 0 Å². The molecule has 0 radical (unpaired) electrons. The fraction of sp³-hybridized carbons (Fsp3) is 0.160. The molecule has 0 aliphatic heterocycles. The van der Waals surface area contributed by atoms with Gasteiger partial charge in [0.05, 0.1) is 17.6 Å². The zero-order valence-electron chi connectivity index (χ0n) is 20.0. The monoisotopic (exact) mass is 543 g/mol. The largest absolute Gasteiger partial charge is 0.445 e. The molecule has 5 rings (SSSR count). The maximum Gasteiger partial charge on any atom is 0.435 e. The number of halogens is 3. The molecule has 2 aromatic carbocycles. The Kier molecular flexibility index (Phi) is 6.31. The van der Waals surface area contributed by atoms with Gasteiger partial charge in [0.25, 0.3) is 10.0 Å². The van der Waals surface area contributed by atoms with Crippen molar-refractivity contribution in [2.24, 2.45) is 0 Å². The number of rotatable bonds is 7. The predicted octanol–water partition coefficient (Wildman–Crippen LogP) is 5.68. The maximum absolute atomic E-state index is 13.4. The molecule has 0 aliphatic carbocycles. The molecule has 196 valence electrons. The Morgan fingerprint density at radius 3 is 2.50 bits per heavy atom. The van der Waals surface area contributed by atoms with Gasteiger partial charge in [0.15, 0.2) is 11.5 Å². The van der Waals surface area contributed by atoms with Crippen molar-refractivity contribution >= 4 is 15.8 Å². The Bertz CT molecular complexity index is 1710. The third-order valence-electron chi connectivity index (χ3n) is 5.90. The third-order valence-corrected chi connectivity index (χ3v) is 7.30. The SMILES string of the molecule is Cc1onc(NS(=O)(=O)c2ccccc2-c2ccc(-c3ncco3)cc2Cn2ccc(C(F)(F)F)n2)c1C. The number of alkyl halides is 3. The lowest BCUT2D eigenvalue weighted by Gasteiger charge is -2.16. The van der Waals surface area contributed by atoms with Crippen LogP contribution < -0.4 is 4.72 Å². The Morgan fingerprint density at radius 2 is 1.84 bits per heavy atom. The highest BCUT2D eigenvalue weighted by molar-refractivity contribution is 7.92. The smallest absolute Gasteiger partial charge is 0.435 e. The Labute approximate surface area is 215 Å². The summed E-state index contributed by atoms with van der Waals surface area (Å²) in [4.78, 5) is 4.07. The molecule has 0 bridgehead atoms. The van der Waals surface area contributed by atoms with E-state index in [4.69, 9.17) is 8.94 Å². The van der Waals surface area contributed by atoms with Crippen molar-refractivity contribution in [1.82, 2.24) is 19.9 Å². The van der Waals surface area contributed by atoms with Gasteiger partial charge < -0.3 is 8.94 Å². The van der Waals surface area contributed by atoms with E-state index in [0.29, 0.717) is 39.5 Å². The molecule has 0 atom stereocenters. The second kappa shape index (κ2) is 9.49. The second-order valence-electron chi connectivity index (χ2n) is 8.42. The number of aromatic nitrogens is 4. The van der Waals surface area contributed by atoms with E-state index in [1.165, 1.54) is 24.7 Å². The normalized spacial score (nSPS) is 12.1. The third kappa shape index (κ3) is 4.92. The first-order valence-electron chi connectivity index (χ1n) is 11.2. The van der Waals surface area contributed by atoms with Crippen molar-refractivity contribution in [3.05, 3.63) is 89.8 Å². The van der Waals surface area contributed by atoms with Gasteiger partial charge in [-0.1, -0.05) is 29.4 Å². The molecule has 0 spiro atoms. The van der Waals surface area contributed by atoms with Gasteiger partial charge in [-0.15, -0.1) is 0 Å². The van der Waals surface area contributed by atoms with Crippen molar-refractivity contribution in [2.75, 3.05) is 4.72 Å². The van der Waals surface area contributed by atoms with Crippen LogP contribution in [0.2, 0.25) is 0 Å². The first-order valence-corrected chi connectivity index (χ1v) is 12.7. The van der Waals surface area contributed by atoms with Gasteiger partial charge in [-0.25, -0.2) is 13.4 Å². The summed E-state index contributed by atoms with van der Waals surface area (Å²) in [5.74, 6) is 0.833. The van der Waals surface area contributed by atoms with Crippen LogP contribution in [0.5, 0.6) is 0 Å². The summed E-state index contributed by atoms with van der Waals surface area (Å²) in [6.07, 6.45) is -0.525. The van der Waals surface area contributed by atoms with Crippen molar-refractivity contribution in [2.45, 2.75) is 31.5 Å². The molecule has 5 aromatic rings. The number of hydrogen-bond donors (Lipinski definition) is 1. The number of nitrogens with one attached hydrogen (secondary N) is 1. The van der Waals surface area contributed by atoms with Crippen molar-refractivity contribution in [3.63, 3.8) is 0 Å². The maximum atomic E-state index is 13.4. The molecule has 3 heterocycles. The van der Waals surface area contributed by atoms with Crippen LogP contribution in [0.15, 0.2) is 81.0 Å². The van der Waals surface area contributed by atoms with Crippen LogP contribution in [0.4, 0.5) is 19.0 Å². The van der Waals surface area contributed by atoms with E-state index in [9.17, 15) is 21.6 Å². The fourth-order valence-corrected chi connectivity index (χ4v) is 5.16. The van der Waals surface area contributed by atoms with Gasteiger partial charge in [0.2, 0.25) is 5.89 Å². The van der Waals surface area contributed by atoms with E-state index in [0.717, 1.165) is 10.7 Å². The second-order valence-corrected chi connectivity index (χ2v) is 10.1. The summed E-state index contributed by atoms with van der Waals surface area (Å²) in [5, 5.41) is 7.42. The first-order chi connectivity index (χ1) is 18.0. The molecule has 0 unspecified atom stereocenters. The van der Waals surface area contributed by atoms with Crippen LogP contribution in [0.1, 0.15) is 22.6 Å². The van der Waals surface area contributed by atoms with E-state index in [2.05, 4.69) is 20.0 Å². The molecule has 0 fully saturated rings. The molecule has 3 aromatic heterocycles. The van der Waals surface area contributed by atoms with E-state index in [1.807, 2.05) is 0 Å². The Hall–Kier alpha value is -4.39. The number of sulfonamides is 1. The van der Waals surface area contributed by atoms with Crippen LogP contribution in [0.3, 0.4) is 0 Å². The zero-order chi connectivity index (χ0) is 27.1. The molecular formula is C25H20F3N5O4S. The highest BCUT2D eigenvalue weighted by Gasteiger charge is 2.33. The summed E-state index contributed by atoms with van der Waals surface area (Å²) in [6, 6.07) is 12.2. The van der Waals surface area contributed by atoms with Gasteiger partial charge in [-0.05, 0) is 49.2 Å². The fourth-order valence-electron chi connectivity index (χ4n) is 3.88. The van der Waals surface area contributed by atoms with Crippen LogP contribution in [-0.2, 0) is 22.7 Å². The van der Waals surface area contributed by atoms with E-state index < -0.39 is 21.9 Å². The molecular weight excluding hydrogens is 523 g/mol. The predicted molar refractivity (Wildman–Crippen MR) is 130 cm³/mol. The quantitative estimate of drug-likeness (QED) is 0.281. The average Bonchev–Trinajstić information content (AvgIpc) is 3.63. The van der Waals surface area contributed by atoms with Crippen molar-refractivity contribution in [3.8, 4) is 22.6 Å². The first kappa shape index (κ1) is 25.3. The number of benzene rings is 2. The lowest BCUT2D eigenvalue weighted by molar-refractivity contribution is -0.141. The van der Waals surface area contributed by atoms with Crippen LogP contribution in [-0.4, -0.2) is 28.3 Å². The summed E-state index contributed by atoms with van der Waals surface area (Å²) in [6.45, 7) is 3.26.